The van der Waals surface area contributed by atoms with Crippen molar-refractivity contribution in [2.24, 2.45) is 5.92 Å². The molecule has 2 heterocycles. The highest BCUT2D eigenvalue weighted by atomic mass is 16.2. The Kier molecular flexibility index (Phi) is 6.07. The van der Waals surface area contributed by atoms with Gasteiger partial charge in [-0.2, -0.15) is 0 Å². The van der Waals surface area contributed by atoms with Gasteiger partial charge in [-0.15, -0.1) is 0 Å². The molecule has 5 heteroatoms. The molecule has 1 saturated carbocycles. The van der Waals surface area contributed by atoms with Crippen molar-refractivity contribution in [2.75, 3.05) is 31.1 Å². The Hall–Kier alpha value is -2.43. The van der Waals surface area contributed by atoms with Crippen molar-refractivity contribution < 1.29 is 4.79 Å². The Bertz CT molecular complexity index is 913. The predicted molar refractivity (Wildman–Crippen MR) is 121 cm³/mol. The summed E-state index contributed by atoms with van der Waals surface area (Å²) in [5.41, 5.74) is 4.86. The van der Waals surface area contributed by atoms with E-state index in [1.54, 1.807) is 0 Å². The minimum atomic E-state index is 0.298. The zero-order chi connectivity index (χ0) is 21.3. The molecule has 1 amide bonds. The third-order valence-corrected chi connectivity index (χ3v) is 6.54. The normalized spacial score (nSPS) is 17.9. The maximum atomic E-state index is 12.5. The number of carbonyl (C=O) groups is 1. The van der Waals surface area contributed by atoms with Crippen LogP contribution in [0.15, 0.2) is 24.3 Å². The Balaban J connectivity index is 1.62. The molecule has 1 aromatic carbocycles. The van der Waals surface area contributed by atoms with Gasteiger partial charge in [-0.25, -0.2) is 9.97 Å². The molecule has 0 spiro atoms. The van der Waals surface area contributed by atoms with Crippen LogP contribution < -0.4 is 4.90 Å². The molecule has 1 atom stereocenters. The lowest BCUT2D eigenvalue weighted by Crippen LogP contribution is -2.49. The van der Waals surface area contributed by atoms with Crippen LogP contribution in [0, 0.1) is 19.8 Å². The van der Waals surface area contributed by atoms with Crippen LogP contribution in [0.1, 0.15) is 67.2 Å². The quantitative estimate of drug-likeness (QED) is 0.719. The second kappa shape index (κ2) is 8.75. The summed E-state index contributed by atoms with van der Waals surface area (Å²) >= 11 is 0. The largest absolute Gasteiger partial charge is 0.353 e. The van der Waals surface area contributed by atoms with Gasteiger partial charge in [0, 0.05) is 55.7 Å². The molecule has 1 aliphatic carbocycles. The van der Waals surface area contributed by atoms with Gasteiger partial charge in [-0.3, -0.25) is 4.79 Å². The van der Waals surface area contributed by atoms with Crippen molar-refractivity contribution >= 4 is 11.7 Å². The lowest BCUT2D eigenvalue weighted by molar-refractivity contribution is -0.132. The van der Waals surface area contributed by atoms with Gasteiger partial charge in [0.05, 0.1) is 0 Å². The van der Waals surface area contributed by atoms with Crippen molar-refractivity contribution in [3.05, 3.63) is 52.5 Å². The molecule has 0 N–H and O–H groups in total. The second-order valence-electron chi connectivity index (χ2n) is 9.03. The zero-order valence-electron chi connectivity index (χ0n) is 18.8. The van der Waals surface area contributed by atoms with E-state index < -0.39 is 0 Å². The lowest BCUT2D eigenvalue weighted by atomic mass is 10.0. The molecule has 2 aromatic rings. The molecular weight excluding hydrogens is 372 g/mol. The minimum absolute atomic E-state index is 0.298. The Morgan fingerprint density at radius 2 is 1.87 bits per heavy atom. The molecule has 0 radical (unpaired) electrons. The lowest BCUT2D eigenvalue weighted by Gasteiger charge is -2.37. The first-order valence-electron chi connectivity index (χ1n) is 11.4. The standard InChI is InChI=1S/C25H34N4O/c1-5-18(3)23-26-19(4)22(16-20-8-6-7-17(2)15-20)24(27-23)28-11-13-29(14-12-28)25(30)21-9-10-21/h6-8,15,18,21H,5,9-14,16H2,1-4H3. The molecule has 4 rings (SSSR count). The maximum Gasteiger partial charge on any atom is 0.225 e. The fourth-order valence-corrected chi connectivity index (χ4v) is 4.23. The molecule has 1 unspecified atom stereocenters. The van der Waals surface area contributed by atoms with Gasteiger partial charge >= 0.3 is 0 Å². The maximum absolute atomic E-state index is 12.5. The number of nitrogens with zero attached hydrogens (tertiary/aromatic N) is 4. The number of hydrogen-bond donors (Lipinski definition) is 0. The molecule has 1 aliphatic heterocycles. The topological polar surface area (TPSA) is 49.3 Å². The summed E-state index contributed by atoms with van der Waals surface area (Å²) in [6, 6.07) is 8.69. The van der Waals surface area contributed by atoms with Gasteiger partial charge in [0.1, 0.15) is 11.6 Å². The molecule has 0 bridgehead atoms. The van der Waals surface area contributed by atoms with E-state index in [4.69, 9.17) is 9.97 Å². The molecular formula is C25H34N4O. The number of amides is 1. The Morgan fingerprint density at radius 3 is 2.50 bits per heavy atom. The molecule has 160 valence electrons. The first-order valence-corrected chi connectivity index (χ1v) is 11.4. The molecule has 2 fully saturated rings. The van der Waals surface area contributed by atoms with Crippen molar-refractivity contribution in [1.29, 1.82) is 0 Å². The van der Waals surface area contributed by atoms with Crippen LogP contribution in [0.3, 0.4) is 0 Å². The highest BCUT2D eigenvalue weighted by molar-refractivity contribution is 5.81. The van der Waals surface area contributed by atoms with E-state index >= 15 is 0 Å². The van der Waals surface area contributed by atoms with Gasteiger partial charge < -0.3 is 9.80 Å². The van der Waals surface area contributed by atoms with Gasteiger partial charge in [0.25, 0.3) is 0 Å². The molecule has 1 saturated heterocycles. The van der Waals surface area contributed by atoms with Crippen molar-refractivity contribution in [2.45, 2.75) is 59.3 Å². The Labute approximate surface area is 180 Å². The summed E-state index contributed by atoms with van der Waals surface area (Å²) in [6.45, 7) is 11.9. The molecule has 30 heavy (non-hydrogen) atoms. The van der Waals surface area contributed by atoms with Crippen LogP contribution in [-0.2, 0) is 11.2 Å². The SMILES string of the molecule is CCC(C)c1nc(C)c(Cc2cccc(C)c2)c(N2CCN(C(=O)C3CC3)CC2)n1. The van der Waals surface area contributed by atoms with E-state index in [1.165, 1.54) is 16.7 Å². The van der Waals surface area contributed by atoms with E-state index in [-0.39, 0.29) is 0 Å². The van der Waals surface area contributed by atoms with Crippen LogP contribution in [0.25, 0.3) is 0 Å². The van der Waals surface area contributed by atoms with Crippen LogP contribution in [-0.4, -0.2) is 47.0 Å². The number of hydrogen-bond acceptors (Lipinski definition) is 4. The fourth-order valence-electron chi connectivity index (χ4n) is 4.23. The summed E-state index contributed by atoms with van der Waals surface area (Å²) < 4.78 is 0. The fraction of sp³-hybridized carbons (Fsp3) is 0.560. The van der Waals surface area contributed by atoms with Crippen molar-refractivity contribution in [1.82, 2.24) is 14.9 Å². The second-order valence-corrected chi connectivity index (χ2v) is 9.03. The van der Waals surface area contributed by atoms with E-state index in [1.807, 2.05) is 0 Å². The molecule has 5 nitrogen and oxygen atoms in total. The number of aromatic nitrogens is 2. The third-order valence-electron chi connectivity index (χ3n) is 6.54. The number of anilines is 1. The summed E-state index contributed by atoms with van der Waals surface area (Å²) in [6.07, 6.45) is 4.01. The predicted octanol–water partition coefficient (Wildman–Crippen LogP) is 4.26. The van der Waals surface area contributed by atoms with Crippen LogP contribution in [0.5, 0.6) is 0 Å². The van der Waals surface area contributed by atoms with E-state index in [0.29, 0.717) is 17.7 Å². The number of rotatable bonds is 6. The van der Waals surface area contributed by atoms with Crippen molar-refractivity contribution in [3.8, 4) is 0 Å². The highest BCUT2D eigenvalue weighted by Crippen LogP contribution is 2.32. The molecule has 1 aromatic heterocycles. The smallest absolute Gasteiger partial charge is 0.225 e. The zero-order valence-corrected chi connectivity index (χ0v) is 18.8. The summed E-state index contributed by atoms with van der Waals surface area (Å²) in [5.74, 6) is 3.00. The number of carbonyl (C=O) groups excluding carboxylic acids is 1. The number of aryl methyl sites for hydroxylation is 2. The summed E-state index contributed by atoms with van der Waals surface area (Å²) in [4.78, 5) is 26.9. The monoisotopic (exact) mass is 406 g/mol. The van der Waals surface area contributed by atoms with Gasteiger partial charge in [-0.05, 0) is 38.7 Å². The summed E-state index contributed by atoms with van der Waals surface area (Å²) in [7, 11) is 0. The van der Waals surface area contributed by atoms with E-state index in [2.05, 4.69) is 61.8 Å². The van der Waals surface area contributed by atoms with Crippen molar-refractivity contribution in [3.63, 3.8) is 0 Å². The van der Waals surface area contributed by atoms with Crippen LogP contribution in [0.2, 0.25) is 0 Å². The van der Waals surface area contributed by atoms with Crippen LogP contribution in [0.4, 0.5) is 5.82 Å². The average molecular weight is 407 g/mol. The number of benzene rings is 1. The van der Waals surface area contributed by atoms with Gasteiger partial charge in [-0.1, -0.05) is 43.7 Å². The summed E-state index contributed by atoms with van der Waals surface area (Å²) in [5, 5.41) is 0. The van der Waals surface area contributed by atoms with E-state index in [9.17, 15) is 4.79 Å². The highest BCUT2D eigenvalue weighted by Gasteiger charge is 2.35. The first kappa shape index (κ1) is 20.8. The van der Waals surface area contributed by atoms with Gasteiger partial charge in [0.2, 0.25) is 5.91 Å². The Morgan fingerprint density at radius 1 is 1.13 bits per heavy atom. The average Bonchev–Trinajstić information content (AvgIpc) is 3.59. The third kappa shape index (κ3) is 4.50. The first-order chi connectivity index (χ1) is 14.5. The number of piperazine rings is 1. The van der Waals surface area contributed by atoms with E-state index in [0.717, 1.165) is 69.2 Å². The van der Waals surface area contributed by atoms with Gasteiger partial charge in [0.15, 0.2) is 0 Å². The molecule has 2 aliphatic rings. The minimum Gasteiger partial charge on any atom is -0.353 e. The van der Waals surface area contributed by atoms with Crippen LogP contribution >= 0.6 is 0 Å².